The zero-order valence-corrected chi connectivity index (χ0v) is 12.2. The highest BCUT2D eigenvalue weighted by atomic mass is 16.4. The number of rotatable bonds is 1. The van der Waals surface area contributed by atoms with Crippen molar-refractivity contribution >= 4 is 22.1 Å². The van der Waals surface area contributed by atoms with Crippen LogP contribution in [0.25, 0.3) is 33.5 Å². The Balaban J connectivity index is 0.000000753. The van der Waals surface area contributed by atoms with Crippen molar-refractivity contribution in [1.29, 1.82) is 0 Å². The molecule has 0 fully saturated rings. The summed E-state index contributed by atoms with van der Waals surface area (Å²) >= 11 is 0. The molecule has 4 aromatic rings. The zero-order valence-electron chi connectivity index (χ0n) is 12.2. The highest BCUT2D eigenvalue weighted by Crippen LogP contribution is 2.25. The number of aromatic hydroxyl groups is 1. The number of aliphatic hydroxyl groups excluding tert-OH is 1. The topological polar surface area (TPSA) is 96.7 Å². The number of phenols is 1. The van der Waals surface area contributed by atoms with E-state index in [4.69, 9.17) is 13.9 Å². The van der Waals surface area contributed by atoms with Crippen LogP contribution in [0.4, 0.5) is 0 Å². The smallest absolute Gasteiger partial charge is 0.349 e. The van der Waals surface area contributed by atoms with Gasteiger partial charge in [0.15, 0.2) is 5.58 Å². The number of fused-ring (bicyclic) bond motifs is 2. The van der Waals surface area contributed by atoms with Crippen molar-refractivity contribution < 1.29 is 19.0 Å². The van der Waals surface area contributed by atoms with Crippen LogP contribution in [0.15, 0.2) is 62.2 Å². The molecule has 0 aliphatic carbocycles. The molecule has 6 nitrogen and oxygen atoms in total. The van der Waals surface area contributed by atoms with E-state index in [1.54, 1.807) is 18.2 Å². The second kappa shape index (κ2) is 5.94. The Morgan fingerprint density at radius 2 is 1.74 bits per heavy atom. The minimum atomic E-state index is -0.556. The van der Waals surface area contributed by atoms with E-state index in [0.717, 1.165) is 7.11 Å². The fourth-order valence-corrected chi connectivity index (χ4v) is 2.24. The average Bonchev–Trinajstić information content (AvgIpc) is 2.99. The van der Waals surface area contributed by atoms with Crippen molar-refractivity contribution in [3.8, 4) is 17.2 Å². The maximum Gasteiger partial charge on any atom is 0.349 e. The molecule has 0 bridgehead atoms. The largest absolute Gasteiger partial charge is 0.508 e. The number of nitrogens with zero attached hydrogens (tertiary/aromatic N) is 1. The summed E-state index contributed by atoms with van der Waals surface area (Å²) in [5, 5.41) is 17.1. The lowest BCUT2D eigenvalue weighted by atomic mass is 10.2. The molecule has 0 radical (unpaired) electrons. The number of oxazole rings is 1. The van der Waals surface area contributed by atoms with Crippen molar-refractivity contribution in [3.05, 3.63) is 59.0 Å². The Labute approximate surface area is 130 Å². The summed E-state index contributed by atoms with van der Waals surface area (Å²) in [7, 11) is 1.00. The lowest BCUT2D eigenvalue weighted by Crippen LogP contribution is -2.02. The molecule has 2 aromatic carbocycles. The molecule has 0 saturated carbocycles. The van der Waals surface area contributed by atoms with Crippen molar-refractivity contribution in [1.82, 2.24) is 4.98 Å². The van der Waals surface area contributed by atoms with E-state index < -0.39 is 5.63 Å². The van der Waals surface area contributed by atoms with Gasteiger partial charge in [0.2, 0.25) is 5.89 Å². The van der Waals surface area contributed by atoms with Gasteiger partial charge in [0.25, 0.3) is 0 Å². The number of hydrogen-bond acceptors (Lipinski definition) is 6. The molecule has 4 rings (SSSR count). The van der Waals surface area contributed by atoms with Crippen LogP contribution in [0.5, 0.6) is 5.75 Å². The third kappa shape index (κ3) is 2.67. The van der Waals surface area contributed by atoms with Gasteiger partial charge < -0.3 is 19.0 Å². The van der Waals surface area contributed by atoms with E-state index in [-0.39, 0.29) is 17.2 Å². The Morgan fingerprint density at radius 1 is 0.957 bits per heavy atom. The van der Waals surface area contributed by atoms with E-state index in [2.05, 4.69) is 4.98 Å². The highest BCUT2D eigenvalue weighted by Gasteiger charge is 2.14. The van der Waals surface area contributed by atoms with Gasteiger partial charge in [-0.15, -0.1) is 0 Å². The van der Waals surface area contributed by atoms with E-state index in [1.807, 2.05) is 18.2 Å². The van der Waals surface area contributed by atoms with E-state index in [1.165, 1.54) is 12.1 Å². The summed E-state index contributed by atoms with van der Waals surface area (Å²) in [6.45, 7) is 0. The second-order valence-electron chi connectivity index (χ2n) is 4.66. The van der Waals surface area contributed by atoms with Crippen LogP contribution in [0.3, 0.4) is 0 Å². The van der Waals surface area contributed by atoms with E-state index in [9.17, 15) is 9.90 Å². The van der Waals surface area contributed by atoms with Gasteiger partial charge in [-0.3, -0.25) is 0 Å². The van der Waals surface area contributed by atoms with Gasteiger partial charge in [0.1, 0.15) is 22.4 Å². The van der Waals surface area contributed by atoms with Gasteiger partial charge in [-0.05, 0) is 30.3 Å². The quantitative estimate of drug-likeness (QED) is 0.525. The van der Waals surface area contributed by atoms with Gasteiger partial charge in [-0.1, -0.05) is 12.1 Å². The first-order chi connectivity index (χ1) is 11.2. The first-order valence-electron chi connectivity index (χ1n) is 6.78. The Bertz CT molecular complexity index is 999. The number of aromatic nitrogens is 1. The summed E-state index contributed by atoms with van der Waals surface area (Å²) in [6, 6.07) is 13.5. The molecule has 0 amide bonds. The van der Waals surface area contributed by atoms with Crippen molar-refractivity contribution in [2.45, 2.75) is 0 Å². The second-order valence-corrected chi connectivity index (χ2v) is 4.66. The Morgan fingerprint density at radius 3 is 2.52 bits per heavy atom. The maximum absolute atomic E-state index is 12.1. The van der Waals surface area contributed by atoms with Gasteiger partial charge in [0.05, 0.1) is 0 Å². The predicted molar refractivity (Wildman–Crippen MR) is 85.3 cm³/mol. The molecular weight excluding hydrogens is 298 g/mol. The Kier molecular flexibility index (Phi) is 3.82. The normalized spacial score (nSPS) is 10.5. The summed E-state index contributed by atoms with van der Waals surface area (Å²) in [6.07, 6.45) is 0. The molecule has 0 aliphatic heterocycles. The van der Waals surface area contributed by atoms with Crippen LogP contribution in [0.2, 0.25) is 0 Å². The molecule has 0 unspecified atom stereocenters. The van der Waals surface area contributed by atoms with Crippen molar-refractivity contribution in [2.24, 2.45) is 0 Å². The molecule has 0 atom stereocenters. The molecule has 23 heavy (non-hydrogen) atoms. The van der Waals surface area contributed by atoms with Crippen molar-refractivity contribution in [3.63, 3.8) is 0 Å². The standard InChI is InChI=1S/C16H9NO4.CH4O/c18-10-6-5-9-7-11(16(19)21-14(9)8-10)15-17-12-3-1-2-4-13(12)20-15;1-2/h1-8,18H;2H,1H3. The van der Waals surface area contributed by atoms with Gasteiger partial charge in [0, 0.05) is 18.6 Å². The Hall–Kier alpha value is -3.12. The summed E-state index contributed by atoms with van der Waals surface area (Å²) in [4.78, 5) is 16.4. The molecular formula is C17H13NO5. The first kappa shape index (κ1) is 14.8. The summed E-state index contributed by atoms with van der Waals surface area (Å²) < 4.78 is 10.8. The maximum atomic E-state index is 12.1. The lowest BCUT2D eigenvalue weighted by Gasteiger charge is -1.99. The molecule has 0 saturated heterocycles. The number of benzene rings is 2. The third-order valence-electron chi connectivity index (χ3n) is 3.24. The minimum Gasteiger partial charge on any atom is -0.508 e. The molecule has 2 N–H and O–H groups in total. The number of hydrogen-bond donors (Lipinski definition) is 2. The van der Waals surface area contributed by atoms with Gasteiger partial charge in [-0.25, -0.2) is 9.78 Å². The molecule has 2 aromatic heterocycles. The number of phenolic OH excluding ortho intramolecular Hbond substituents is 1. The van der Waals surface area contributed by atoms with E-state index >= 15 is 0 Å². The molecule has 6 heteroatoms. The molecule has 0 spiro atoms. The van der Waals surface area contributed by atoms with Crippen LogP contribution >= 0.6 is 0 Å². The molecule has 0 aliphatic rings. The average molecular weight is 311 g/mol. The third-order valence-corrected chi connectivity index (χ3v) is 3.24. The lowest BCUT2D eigenvalue weighted by molar-refractivity contribution is 0.399. The zero-order chi connectivity index (χ0) is 16.4. The van der Waals surface area contributed by atoms with Gasteiger partial charge in [-0.2, -0.15) is 0 Å². The van der Waals surface area contributed by atoms with Crippen LogP contribution in [-0.2, 0) is 0 Å². The van der Waals surface area contributed by atoms with Crippen LogP contribution in [0, 0.1) is 0 Å². The monoisotopic (exact) mass is 311 g/mol. The highest BCUT2D eigenvalue weighted by molar-refractivity contribution is 5.83. The first-order valence-corrected chi connectivity index (χ1v) is 6.78. The van der Waals surface area contributed by atoms with Gasteiger partial charge >= 0.3 is 5.63 Å². The predicted octanol–water partition coefficient (Wildman–Crippen LogP) is 2.92. The van der Waals surface area contributed by atoms with Crippen LogP contribution in [0.1, 0.15) is 0 Å². The van der Waals surface area contributed by atoms with Crippen molar-refractivity contribution in [2.75, 3.05) is 7.11 Å². The summed E-state index contributed by atoms with van der Waals surface area (Å²) in [5.74, 6) is 0.264. The van der Waals surface area contributed by atoms with Crippen LogP contribution < -0.4 is 5.63 Å². The summed E-state index contributed by atoms with van der Waals surface area (Å²) in [5.41, 5.74) is 1.30. The molecule has 2 heterocycles. The molecule has 116 valence electrons. The minimum absolute atomic E-state index is 0.0419. The fraction of sp³-hybridized carbons (Fsp3) is 0.0588. The van der Waals surface area contributed by atoms with E-state index in [0.29, 0.717) is 22.1 Å². The fourth-order valence-electron chi connectivity index (χ4n) is 2.24. The number of aliphatic hydroxyl groups is 1. The SMILES string of the molecule is CO.O=c1oc2cc(O)ccc2cc1-c1nc2ccccc2o1. The van der Waals surface area contributed by atoms with Crippen LogP contribution in [-0.4, -0.2) is 22.3 Å². The number of para-hydroxylation sites is 2.